The average molecular weight is 301 g/mol. The molecule has 1 aromatic carbocycles. The average Bonchev–Trinajstić information content (AvgIpc) is 2.59. The third-order valence-electron chi connectivity index (χ3n) is 4.73. The summed E-state index contributed by atoms with van der Waals surface area (Å²) in [5.41, 5.74) is 1.51. The number of rotatable bonds is 3. The van der Waals surface area contributed by atoms with E-state index in [9.17, 15) is 10.4 Å². The number of nitrogens with zero attached hydrogens (tertiary/aromatic N) is 2. The van der Waals surface area contributed by atoms with Gasteiger partial charge >= 0.3 is 0 Å². The molecule has 2 saturated heterocycles. The lowest BCUT2D eigenvalue weighted by molar-refractivity contribution is 0.0206. The standard InChI is InChI=1S/C17H23N3O2/c18-12-13-1-2-16(21)15(11-13)17(14-3-9-22-10-4-14)20-7-5-19-6-8-20/h1-2,11,14,17,19,21H,3-10H2/t17-/m1/s1. The Labute approximate surface area is 131 Å². The number of nitriles is 1. The van der Waals surface area contributed by atoms with Crippen LogP contribution in [0.5, 0.6) is 5.75 Å². The van der Waals surface area contributed by atoms with E-state index in [0.29, 0.717) is 17.2 Å². The number of phenols is 1. The van der Waals surface area contributed by atoms with Gasteiger partial charge in [-0.3, -0.25) is 4.90 Å². The summed E-state index contributed by atoms with van der Waals surface area (Å²) >= 11 is 0. The summed E-state index contributed by atoms with van der Waals surface area (Å²) in [5, 5.41) is 22.9. The monoisotopic (exact) mass is 301 g/mol. The van der Waals surface area contributed by atoms with Crippen LogP contribution < -0.4 is 5.32 Å². The second-order valence-corrected chi connectivity index (χ2v) is 6.07. The van der Waals surface area contributed by atoms with Gasteiger partial charge in [-0.2, -0.15) is 5.26 Å². The van der Waals surface area contributed by atoms with Crippen LogP contribution in [0.25, 0.3) is 0 Å². The zero-order chi connectivity index (χ0) is 15.4. The minimum atomic E-state index is 0.166. The summed E-state index contributed by atoms with van der Waals surface area (Å²) in [6.07, 6.45) is 2.01. The van der Waals surface area contributed by atoms with Gasteiger partial charge in [-0.05, 0) is 37.0 Å². The van der Waals surface area contributed by atoms with E-state index in [1.165, 1.54) is 0 Å². The fourth-order valence-electron chi connectivity index (χ4n) is 3.60. The summed E-state index contributed by atoms with van der Waals surface area (Å²) < 4.78 is 5.50. The van der Waals surface area contributed by atoms with Gasteiger partial charge in [-0.1, -0.05) is 0 Å². The van der Waals surface area contributed by atoms with E-state index in [1.54, 1.807) is 12.1 Å². The summed E-state index contributed by atoms with van der Waals surface area (Å²) in [7, 11) is 0. The largest absolute Gasteiger partial charge is 0.508 e. The van der Waals surface area contributed by atoms with Crippen molar-refractivity contribution in [2.24, 2.45) is 5.92 Å². The van der Waals surface area contributed by atoms with Crippen molar-refractivity contribution < 1.29 is 9.84 Å². The molecule has 2 aliphatic heterocycles. The fraction of sp³-hybridized carbons (Fsp3) is 0.588. The third-order valence-corrected chi connectivity index (χ3v) is 4.73. The van der Waals surface area contributed by atoms with Crippen molar-refractivity contribution in [3.63, 3.8) is 0 Å². The molecule has 0 radical (unpaired) electrons. The van der Waals surface area contributed by atoms with E-state index in [0.717, 1.165) is 57.8 Å². The topological polar surface area (TPSA) is 68.5 Å². The first-order chi connectivity index (χ1) is 10.8. The molecule has 1 atom stereocenters. The van der Waals surface area contributed by atoms with Crippen molar-refractivity contribution in [3.8, 4) is 11.8 Å². The minimum absolute atomic E-state index is 0.166. The number of aromatic hydroxyl groups is 1. The van der Waals surface area contributed by atoms with Crippen molar-refractivity contribution in [1.82, 2.24) is 10.2 Å². The number of phenolic OH excluding ortho intramolecular Hbond substituents is 1. The molecule has 0 saturated carbocycles. The van der Waals surface area contributed by atoms with Crippen molar-refractivity contribution in [1.29, 1.82) is 5.26 Å². The van der Waals surface area contributed by atoms with E-state index in [1.807, 2.05) is 6.07 Å². The molecule has 1 aromatic rings. The molecule has 2 fully saturated rings. The quantitative estimate of drug-likeness (QED) is 0.888. The van der Waals surface area contributed by atoms with E-state index in [2.05, 4.69) is 16.3 Å². The van der Waals surface area contributed by atoms with Crippen LogP contribution in [-0.2, 0) is 4.74 Å². The molecule has 0 aromatic heterocycles. The summed E-state index contributed by atoms with van der Waals surface area (Å²) in [4.78, 5) is 2.45. The van der Waals surface area contributed by atoms with Crippen LogP contribution in [0, 0.1) is 17.2 Å². The lowest BCUT2D eigenvalue weighted by Crippen LogP contribution is -2.47. The number of hydrogen-bond acceptors (Lipinski definition) is 5. The molecule has 5 heteroatoms. The molecule has 118 valence electrons. The fourth-order valence-corrected chi connectivity index (χ4v) is 3.60. The van der Waals surface area contributed by atoms with Gasteiger partial charge in [0.25, 0.3) is 0 Å². The first kappa shape index (κ1) is 15.3. The molecule has 22 heavy (non-hydrogen) atoms. The highest BCUT2D eigenvalue weighted by atomic mass is 16.5. The number of hydrogen-bond donors (Lipinski definition) is 2. The summed E-state index contributed by atoms with van der Waals surface area (Å²) in [6.45, 7) is 5.45. The molecule has 0 aliphatic carbocycles. The molecular weight excluding hydrogens is 278 g/mol. The normalized spacial score (nSPS) is 22.1. The molecular formula is C17H23N3O2. The highest BCUT2D eigenvalue weighted by molar-refractivity contribution is 5.43. The maximum absolute atomic E-state index is 10.4. The van der Waals surface area contributed by atoms with Gasteiger partial charge in [-0.15, -0.1) is 0 Å². The Kier molecular flexibility index (Phi) is 4.94. The first-order valence-corrected chi connectivity index (χ1v) is 8.05. The van der Waals surface area contributed by atoms with Gasteiger partial charge in [-0.25, -0.2) is 0 Å². The van der Waals surface area contributed by atoms with E-state index < -0.39 is 0 Å². The van der Waals surface area contributed by atoms with Crippen molar-refractivity contribution >= 4 is 0 Å². The lowest BCUT2D eigenvalue weighted by Gasteiger charge is -2.41. The van der Waals surface area contributed by atoms with Crippen LogP contribution in [-0.4, -0.2) is 49.4 Å². The SMILES string of the molecule is N#Cc1ccc(O)c([C@@H](C2CCOCC2)N2CCNCC2)c1. The van der Waals surface area contributed by atoms with Crippen LogP contribution in [0.2, 0.25) is 0 Å². The van der Waals surface area contributed by atoms with Gasteiger partial charge < -0.3 is 15.2 Å². The Morgan fingerprint density at radius 3 is 2.68 bits per heavy atom. The number of ether oxygens (including phenoxy) is 1. The number of piperazine rings is 1. The molecule has 0 amide bonds. The highest BCUT2D eigenvalue weighted by Crippen LogP contribution is 2.39. The zero-order valence-electron chi connectivity index (χ0n) is 12.8. The smallest absolute Gasteiger partial charge is 0.120 e. The number of benzene rings is 1. The van der Waals surface area contributed by atoms with Crippen LogP contribution in [0.3, 0.4) is 0 Å². The minimum Gasteiger partial charge on any atom is -0.508 e. The van der Waals surface area contributed by atoms with E-state index >= 15 is 0 Å². The predicted molar refractivity (Wildman–Crippen MR) is 83.5 cm³/mol. The summed E-state index contributed by atoms with van der Waals surface area (Å²) in [6, 6.07) is 7.55. The molecule has 0 bridgehead atoms. The Morgan fingerprint density at radius 1 is 1.27 bits per heavy atom. The van der Waals surface area contributed by atoms with Crippen LogP contribution in [0.4, 0.5) is 0 Å². The Hall–Kier alpha value is -1.61. The van der Waals surface area contributed by atoms with Crippen molar-refractivity contribution in [2.75, 3.05) is 39.4 Å². The van der Waals surface area contributed by atoms with Crippen molar-refractivity contribution in [2.45, 2.75) is 18.9 Å². The molecule has 3 rings (SSSR count). The van der Waals surface area contributed by atoms with Gasteiger partial charge in [0.15, 0.2) is 0 Å². The third kappa shape index (κ3) is 3.25. The second-order valence-electron chi connectivity index (χ2n) is 6.07. The molecule has 5 nitrogen and oxygen atoms in total. The van der Waals surface area contributed by atoms with E-state index in [-0.39, 0.29) is 6.04 Å². The number of nitrogens with one attached hydrogen (secondary N) is 1. The molecule has 2 heterocycles. The van der Waals surface area contributed by atoms with Crippen LogP contribution >= 0.6 is 0 Å². The molecule has 2 aliphatic rings. The first-order valence-electron chi connectivity index (χ1n) is 8.05. The maximum atomic E-state index is 10.4. The Bertz CT molecular complexity index is 525. The molecule has 2 N–H and O–H groups in total. The zero-order valence-corrected chi connectivity index (χ0v) is 12.8. The van der Waals surface area contributed by atoms with Crippen LogP contribution in [0.1, 0.15) is 30.0 Å². The molecule has 0 spiro atoms. The second kappa shape index (κ2) is 7.10. The maximum Gasteiger partial charge on any atom is 0.120 e. The predicted octanol–water partition coefficient (Wildman–Crippen LogP) is 1.64. The molecule has 0 unspecified atom stereocenters. The van der Waals surface area contributed by atoms with E-state index in [4.69, 9.17) is 4.74 Å². The summed E-state index contributed by atoms with van der Waals surface area (Å²) in [5.74, 6) is 0.765. The van der Waals surface area contributed by atoms with Gasteiger partial charge in [0.05, 0.1) is 11.6 Å². The van der Waals surface area contributed by atoms with Gasteiger partial charge in [0.1, 0.15) is 5.75 Å². The van der Waals surface area contributed by atoms with Crippen LogP contribution in [0.15, 0.2) is 18.2 Å². The Balaban J connectivity index is 1.94. The highest BCUT2D eigenvalue weighted by Gasteiger charge is 2.33. The van der Waals surface area contributed by atoms with Gasteiger partial charge in [0, 0.05) is 51.0 Å². The lowest BCUT2D eigenvalue weighted by atomic mass is 9.84. The van der Waals surface area contributed by atoms with Gasteiger partial charge in [0.2, 0.25) is 0 Å². The van der Waals surface area contributed by atoms with Crippen molar-refractivity contribution in [3.05, 3.63) is 29.3 Å². The Morgan fingerprint density at radius 2 is 2.00 bits per heavy atom.